The van der Waals surface area contributed by atoms with Crippen molar-refractivity contribution in [2.24, 2.45) is 5.92 Å². The summed E-state index contributed by atoms with van der Waals surface area (Å²) in [4.78, 5) is 18.6. The van der Waals surface area contributed by atoms with E-state index in [2.05, 4.69) is 15.6 Å². The normalized spacial score (nSPS) is 15.5. The van der Waals surface area contributed by atoms with Crippen molar-refractivity contribution in [2.75, 3.05) is 31.6 Å². The lowest BCUT2D eigenvalue weighted by molar-refractivity contribution is 0.0951. The molecule has 2 N–H and O–H groups in total. The zero-order valence-corrected chi connectivity index (χ0v) is 16.5. The van der Waals surface area contributed by atoms with Gasteiger partial charge in [0.15, 0.2) is 0 Å². The number of carbonyl (C=O) groups is 1. The van der Waals surface area contributed by atoms with Crippen LogP contribution in [-0.4, -0.2) is 37.6 Å². The molecule has 26 heavy (non-hydrogen) atoms. The van der Waals surface area contributed by atoms with Gasteiger partial charge in [-0.15, -0.1) is 24.8 Å². The third kappa shape index (κ3) is 5.87. The summed E-state index contributed by atoms with van der Waals surface area (Å²) < 4.78 is 0. The number of hydrogen-bond acceptors (Lipinski definition) is 4. The van der Waals surface area contributed by atoms with Crippen LogP contribution in [0.4, 0.5) is 11.5 Å². The van der Waals surface area contributed by atoms with Crippen LogP contribution in [-0.2, 0) is 0 Å². The Kier molecular flexibility index (Phi) is 9.41. The van der Waals surface area contributed by atoms with E-state index in [1.54, 1.807) is 6.20 Å². The standard InChI is InChI=1S/C19H24N4O.2ClH/c1-23(17-5-3-2-4-6-17)18-8-7-16(14-22-18)19(24)21-12-10-15-9-11-20-13-15;;/h2-8,14-15,20H,9-13H2,1H3,(H,21,24);2*1H. The van der Waals surface area contributed by atoms with E-state index < -0.39 is 0 Å². The molecule has 1 unspecified atom stereocenters. The maximum atomic E-state index is 12.2. The zero-order valence-electron chi connectivity index (χ0n) is 14.9. The largest absolute Gasteiger partial charge is 0.352 e. The fourth-order valence-electron chi connectivity index (χ4n) is 2.96. The highest BCUT2D eigenvalue weighted by Crippen LogP contribution is 2.20. The molecule has 2 heterocycles. The second-order valence-corrected chi connectivity index (χ2v) is 6.20. The molecule has 0 saturated carbocycles. The van der Waals surface area contributed by atoms with Crippen LogP contribution in [0, 0.1) is 5.92 Å². The molecular formula is C19H26Cl2N4O. The van der Waals surface area contributed by atoms with Crippen LogP contribution in [0.5, 0.6) is 0 Å². The molecule has 1 amide bonds. The second kappa shape index (κ2) is 11.0. The molecule has 1 aliphatic heterocycles. The lowest BCUT2D eigenvalue weighted by Crippen LogP contribution is -2.26. The van der Waals surface area contributed by atoms with E-state index in [0.29, 0.717) is 11.5 Å². The van der Waals surface area contributed by atoms with Crippen LogP contribution in [0.25, 0.3) is 0 Å². The average Bonchev–Trinajstić information content (AvgIpc) is 3.15. The fraction of sp³-hybridized carbons (Fsp3) is 0.368. The van der Waals surface area contributed by atoms with E-state index >= 15 is 0 Å². The maximum absolute atomic E-state index is 12.2. The summed E-state index contributed by atoms with van der Waals surface area (Å²) in [5.41, 5.74) is 1.66. The molecule has 1 fully saturated rings. The van der Waals surface area contributed by atoms with Gasteiger partial charge in [-0.3, -0.25) is 4.79 Å². The van der Waals surface area contributed by atoms with Gasteiger partial charge in [0.05, 0.1) is 5.56 Å². The number of aromatic nitrogens is 1. The molecule has 7 heteroatoms. The topological polar surface area (TPSA) is 57.3 Å². The highest BCUT2D eigenvalue weighted by atomic mass is 35.5. The van der Waals surface area contributed by atoms with Crippen LogP contribution in [0.15, 0.2) is 48.7 Å². The summed E-state index contributed by atoms with van der Waals surface area (Å²) in [5, 5.41) is 6.33. The van der Waals surface area contributed by atoms with Crippen molar-refractivity contribution >= 4 is 42.2 Å². The van der Waals surface area contributed by atoms with Crippen molar-refractivity contribution < 1.29 is 4.79 Å². The number of para-hydroxylation sites is 1. The Morgan fingerprint density at radius 2 is 2.00 bits per heavy atom. The van der Waals surface area contributed by atoms with Gasteiger partial charge in [0.2, 0.25) is 0 Å². The molecule has 0 aliphatic carbocycles. The fourth-order valence-corrected chi connectivity index (χ4v) is 2.96. The predicted octanol–water partition coefficient (Wildman–Crippen LogP) is 3.42. The van der Waals surface area contributed by atoms with Crippen LogP contribution in [0.1, 0.15) is 23.2 Å². The summed E-state index contributed by atoms with van der Waals surface area (Å²) >= 11 is 0. The summed E-state index contributed by atoms with van der Waals surface area (Å²) in [6.45, 7) is 2.88. The van der Waals surface area contributed by atoms with E-state index in [-0.39, 0.29) is 30.7 Å². The Labute approximate surface area is 167 Å². The third-order valence-corrected chi connectivity index (χ3v) is 4.50. The number of carbonyl (C=O) groups excluding carboxylic acids is 1. The van der Waals surface area contributed by atoms with Gasteiger partial charge < -0.3 is 15.5 Å². The van der Waals surface area contributed by atoms with E-state index in [0.717, 1.165) is 37.6 Å². The monoisotopic (exact) mass is 396 g/mol. The number of nitrogens with one attached hydrogen (secondary N) is 2. The van der Waals surface area contributed by atoms with Crippen LogP contribution in [0.2, 0.25) is 0 Å². The average molecular weight is 397 g/mol. The van der Waals surface area contributed by atoms with E-state index in [1.165, 1.54) is 6.42 Å². The second-order valence-electron chi connectivity index (χ2n) is 6.20. The van der Waals surface area contributed by atoms with Gasteiger partial charge in [0.25, 0.3) is 5.91 Å². The van der Waals surface area contributed by atoms with Gasteiger partial charge in [-0.1, -0.05) is 18.2 Å². The van der Waals surface area contributed by atoms with Crippen LogP contribution in [0.3, 0.4) is 0 Å². The molecule has 1 atom stereocenters. The minimum absolute atomic E-state index is 0. The highest BCUT2D eigenvalue weighted by molar-refractivity contribution is 5.94. The van der Waals surface area contributed by atoms with Crippen molar-refractivity contribution in [3.63, 3.8) is 0 Å². The van der Waals surface area contributed by atoms with Crippen molar-refractivity contribution in [1.82, 2.24) is 15.6 Å². The smallest absolute Gasteiger partial charge is 0.252 e. The van der Waals surface area contributed by atoms with Gasteiger partial charge in [-0.2, -0.15) is 0 Å². The van der Waals surface area contributed by atoms with Crippen LogP contribution >= 0.6 is 24.8 Å². The minimum atomic E-state index is -0.0534. The first-order valence-electron chi connectivity index (χ1n) is 8.48. The molecule has 0 bridgehead atoms. The molecule has 2 aromatic rings. The van der Waals surface area contributed by atoms with E-state index in [4.69, 9.17) is 0 Å². The highest BCUT2D eigenvalue weighted by Gasteiger charge is 2.14. The Hall–Kier alpha value is -1.82. The number of nitrogens with zero attached hydrogens (tertiary/aromatic N) is 2. The van der Waals surface area contributed by atoms with Gasteiger partial charge >= 0.3 is 0 Å². The first kappa shape index (κ1) is 22.2. The lowest BCUT2D eigenvalue weighted by Gasteiger charge is -2.18. The molecule has 142 valence electrons. The number of amides is 1. The summed E-state index contributed by atoms with van der Waals surface area (Å²) in [5.74, 6) is 1.45. The number of pyridine rings is 1. The molecule has 0 radical (unpaired) electrons. The Balaban J connectivity index is 0.00000169. The molecular weight excluding hydrogens is 371 g/mol. The molecule has 3 rings (SSSR count). The van der Waals surface area contributed by atoms with E-state index in [1.807, 2.05) is 54.4 Å². The number of anilines is 2. The molecule has 1 saturated heterocycles. The molecule has 1 aromatic heterocycles. The van der Waals surface area contributed by atoms with Gasteiger partial charge in [0, 0.05) is 25.5 Å². The first-order valence-corrected chi connectivity index (χ1v) is 8.48. The quantitative estimate of drug-likeness (QED) is 0.784. The molecule has 1 aromatic carbocycles. The zero-order chi connectivity index (χ0) is 16.8. The summed E-state index contributed by atoms with van der Waals surface area (Å²) in [6.07, 6.45) is 3.88. The Morgan fingerprint density at radius 1 is 1.23 bits per heavy atom. The summed E-state index contributed by atoms with van der Waals surface area (Å²) in [6, 6.07) is 13.7. The molecule has 1 aliphatic rings. The first-order chi connectivity index (χ1) is 11.7. The Morgan fingerprint density at radius 3 is 2.62 bits per heavy atom. The minimum Gasteiger partial charge on any atom is -0.352 e. The number of hydrogen-bond donors (Lipinski definition) is 2. The third-order valence-electron chi connectivity index (χ3n) is 4.50. The SMILES string of the molecule is CN(c1ccccc1)c1ccc(C(=O)NCCC2CCNC2)cn1.Cl.Cl. The number of halogens is 2. The van der Waals surface area contributed by atoms with Crippen molar-refractivity contribution in [3.05, 3.63) is 54.2 Å². The van der Waals surface area contributed by atoms with Gasteiger partial charge in [-0.25, -0.2) is 4.98 Å². The van der Waals surface area contributed by atoms with Crippen LogP contribution < -0.4 is 15.5 Å². The predicted molar refractivity (Wildman–Crippen MR) is 111 cm³/mol. The summed E-state index contributed by atoms with van der Waals surface area (Å²) in [7, 11) is 1.97. The maximum Gasteiger partial charge on any atom is 0.252 e. The number of rotatable bonds is 6. The van der Waals surface area contributed by atoms with Crippen molar-refractivity contribution in [3.8, 4) is 0 Å². The lowest BCUT2D eigenvalue weighted by atomic mass is 10.1. The molecule has 0 spiro atoms. The number of benzene rings is 1. The Bertz CT molecular complexity index is 661. The molecule has 5 nitrogen and oxygen atoms in total. The van der Waals surface area contributed by atoms with Crippen molar-refractivity contribution in [2.45, 2.75) is 12.8 Å². The van der Waals surface area contributed by atoms with Gasteiger partial charge in [-0.05, 0) is 56.1 Å². The van der Waals surface area contributed by atoms with E-state index in [9.17, 15) is 4.79 Å². The van der Waals surface area contributed by atoms with Crippen molar-refractivity contribution in [1.29, 1.82) is 0 Å². The van der Waals surface area contributed by atoms with Gasteiger partial charge in [0.1, 0.15) is 5.82 Å².